The molecular weight excluding hydrogens is 547 g/mol. The van der Waals surface area contributed by atoms with Gasteiger partial charge in [0, 0.05) is 25.3 Å². The molecule has 0 saturated carbocycles. The third kappa shape index (κ3) is 5.21. The molecule has 1 saturated heterocycles. The number of aromatic amines is 1. The summed E-state index contributed by atoms with van der Waals surface area (Å²) >= 11 is 0. The van der Waals surface area contributed by atoms with E-state index in [4.69, 9.17) is 4.74 Å². The molecule has 9 heteroatoms. The average molecular weight is 577 g/mol. The number of benzene rings is 4. The molecule has 1 fully saturated rings. The van der Waals surface area contributed by atoms with Crippen LogP contribution in [0, 0.1) is 12.7 Å². The predicted molar refractivity (Wildman–Crippen MR) is 164 cm³/mol. The van der Waals surface area contributed by atoms with Gasteiger partial charge in [0.1, 0.15) is 23.9 Å². The molecular formula is C34H29FN4O4. The first-order valence-corrected chi connectivity index (χ1v) is 13.7. The first kappa shape index (κ1) is 27.7. The first-order chi connectivity index (χ1) is 20.7. The number of H-pyrrole nitrogens is 1. The Morgan fingerprint density at radius 2 is 1.74 bits per heavy atom. The number of aliphatic hydroxyl groups is 1. The first-order valence-electron chi connectivity index (χ1n) is 13.7. The Morgan fingerprint density at radius 3 is 2.44 bits per heavy atom. The number of aliphatic hydroxyl groups excluding tert-OH is 1. The van der Waals surface area contributed by atoms with Gasteiger partial charge in [0.05, 0.1) is 22.6 Å². The Hall–Kier alpha value is -5.44. The van der Waals surface area contributed by atoms with E-state index in [-0.39, 0.29) is 17.3 Å². The standard InChI is InChI=1S/C34H29FN4O4/c1-20-17-23(11-16-28(20)43-19-21-7-5-4-6-8-21)31(40)29-30(22-9-13-25(14-10-22)38(2)3)39(33(42)32(29)41)34-36-26-15-12-24(35)18-27(26)37-34/h4-18,30,40H,19H2,1-3H3,(H,36,37)/b31-29+. The lowest BCUT2D eigenvalue weighted by Gasteiger charge is -2.24. The van der Waals surface area contributed by atoms with E-state index in [0.717, 1.165) is 16.8 Å². The molecule has 43 heavy (non-hydrogen) atoms. The van der Waals surface area contributed by atoms with Gasteiger partial charge in [-0.05, 0) is 72.1 Å². The van der Waals surface area contributed by atoms with Crippen molar-refractivity contribution in [1.82, 2.24) is 9.97 Å². The van der Waals surface area contributed by atoms with Gasteiger partial charge >= 0.3 is 5.91 Å². The summed E-state index contributed by atoms with van der Waals surface area (Å²) in [4.78, 5) is 37.8. The molecule has 216 valence electrons. The van der Waals surface area contributed by atoms with Crippen LogP contribution in [0.2, 0.25) is 0 Å². The van der Waals surface area contributed by atoms with Crippen LogP contribution in [-0.4, -0.2) is 40.9 Å². The number of halogens is 1. The van der Waals surface area contributed by atoms with Gasteiger partial charge in [-0.15, -0.1) is 0 Å². The number of hydrogen-bond acceptors (Lipinski definition) is 6. The van der Waals surface area contributed by atoms with Gasteiger partial charge in [0.25, 0.3) is 5.78 Å². The molecule has 4 aromatic carbocycles. The number of ketones is 1. The summed E-state index contributed by atoms with van der Waals surface area (Å²) in [6, 6.07) is 25.3. The zero-order valence-corrected chi connectivity index (χ0v) is 23.8. The zero-order chi connectivity index (χ0) is 30.2. The Bertz CT molecular complexity index is 1880. The molecule has 8 nitrogen and oxygen atoms in total. The van der Waals surface area contributed by atoms with Gasteiger partial charge in [-0.2, -0.15) is 0 Å². The number of anilines is 2. The van der Waals surface area contributed by atoms with Crippen LogP contribution >= 0.6 is 0 Å². The Balaban J connectivity index is 1.43. The van der Waals surface area contributed by atoms with Crippen molar-refractivity contribution >= 4 is 40.1 Å². The van der Waals surface area contributed by atoms with Gasteiger partial charge in [-0.25, -0.2) is 9.37 Å². The Labute approximate surface area is 247 Å². The number of fused-ring (bicyclic) bond motifs is 1. The number of Topliss-reactive ketones (excluding diaryl/α,β-unsaturated/α-hetero) is 1. The van der Waals surface area contributed by atoms with Crippen molar-refractivity contribution in [1.29, 1.82) is 0 Å². The number of imidazole rings is 1. The van der Waals surface area contributed by atoms with Gasteiger partial charge < -0.3 is 19.7 Å². The van der Waals surface area contributed by atoms with Gasteiger partial charge in [-0.3, -0.25) is 14.5 Å². The molecule has 0 radical (unpaired) electrons. The summed E-state index contributed by atoms with van der Waals surface area (Å²) in [5.74, 6) is -1.79. The fourth-order valence-corrected chi connectivity index (χ4v) is 5.25. The Morgan fingerprint density at radius 1 is 1.00 bits per heavy atom. The van der Waals surface area contributed by atoms with Crippen molar-refractivity contribution in [3.05, 3.63) is 125 Å². The van der Waals surface area contributed by atoms with Crippen LogP contribution in [0.1, 0.15) is 28.3 Å². The van der Waals surface area contributed by atoms with E-state index in [1.54, 1.807) is 30.3 Å². The van der Waals surface area contributed by atoms with Crippen LogP contribution in [0.4, 0.5) is 16.0 Å². The van der Waals surface area contributed by atoms with Crippen molar-refractivity contribution in [2.75, 3.05) is 23.9 Å². The van der Waals surface area contributed by atoms with Crippen molar-refractivity contribution in [3.63, 3.8) is 0 Å². The molecule has 2 N–H and O–H groups in total. The van der Waals surface area contributed by atoms with Crippen molar-refractivity contribution in [3.8, 4) is 5.75 Å². The van der Waals surface area contributed by atoms with Crippen molar-refractivity contribution < 1.29 is 23.8 Å². The molecule has 6 rings (SSSR count). The third-order valence-corrected chi connectivity index (χ3v) is 7.51. The van der Waals surface area contributed by atoms with Crippen LogP contribution in [0.15, 0.2) is 96.6 Å². The van der Waals surface area contributed by atoms with Crippen molar-refractivity contribution in [2.45, 2.75) is 19.6 Å². The van der Waals surface area contributed by atoms with Crippen LogP contribution in [-0.2, 0) is 16.2 Å². The van der Waals surface area contributed by atoms with Gasteiger partial charge in [0.2, 0.25) is 5.95 Å². The van der Waals surface area contributed by atoms with Crippen LogP contribution in [0.25, 0.3) is 16.8 Å². The number of nitrogens with one attached hydrogen (secondary N) is 1. The lowest BCUT2D eigenvalue weighted by molar-refractivity contribution is -0.132. The summed E-state index contributed by atoms with van der Waals surface area (Å²) in [6.45, 7) is 2.23. The van der Waals surface area contributed by atoms with Gasteiger partial charge in [0.15, 0.2) is 0 Å². The number of amides is 1. The topological polar surface area (TPSA) is 98.8 Å². The number of carbonyl (C=O) groups excluding carboxylic acids is 2. The molecule has 1 aliphatic rings. The molecule has 0 spiro atoms. The summed E-state index contributed by atoms with van der Waals surface area (Å²) in [6.07, 6.45) is 0. The summed E-state index contributed by atoms with van der Waals surface area (Å²) in [7, 11) is 3.81. The number of aromatic nitrogens is 2. The van der Waals surface area contributed by atoms with E-state index in [2.05, 4.69) is 9.97 Å². The van der Waals surface area contributed by atoms with E-state index in [9.17, 15) is 19.1 Å². The summed E-state index contributed by atoms with van der Waals surface area (Å²) in [5.41, 5.74) is 4.37. The zero-order valence-electron chi connectivity index (χ0n) is 23.8. The van der Waals surface area contributed by atoms with Crippen LogP contribution in [0.3, 0.4) is 0 Å². The van der Waals surface area contributed by atoms with E-state index in [0.29, 0.717) is 34.5 Å². The fourth-order valence-electron chi connectivity index (χ4n) is 5.25. The lowest BCUT2D eigenvalue weighted by atomic mass is 9.94. The van der Waals surface area contributed by atoms with Gasteiger partial charge in [-0.1, -0.05) is 42.5 Å². The average Bonchev–Trinajstić information content (AvgIpc) is 3.53. The highest BCUT2D eigenvalue weighted by Crippen LogP contribution is 2.42. The molecule has 1 aliphatic heterocycles. The molecule has 2 heterocycles. The van der Waals surface area contributed by atoms with E-state index in [1.807, 2.05) is 68.4 Å². The molecule has 1 amide bonds. The third-order valence-electron chi connectivity index (χ3n) is 7.51. The summed E-state index contributed by atoms with van der Waals surface area (Å²) in [5, 5.41) is 11.6. The quantitative estimate of drug-likeness (QED) is 0.134. The number of ether oxygens (including phenoxy) is 1. The predicted octanol–water partition coefficient (Wildman–Crippen LogP) is 6.28. The number of nitrogens with zero attached hydrogens (tertiary/aromatic N) is 3. The van der Waals surface area contributed by atoms with Crippen molar-refractivity contribution in [2.24, 2.45) is 0 Å². The fraction of sp³-hybridized carbons (Fsp3) is 0.147. The maximum Gasteiger partial charge on any atom is 0.302 e. The minimum Gasteiger partial charge on any atom is -0.507 e. The number of hydrogen-bond donors (Lipinski definition) is 2. The smallest absolute Gasteiger partial charge is 0.302 e. The molecule has 1 unspecified atom stereocenters. The van der Waals surface area contributed by atoms with E-state index < -0.39 is 23.5 Å². The van der Waals surface area contributed by atoms with Crippen LogP contribution < -0.4 is 14.5 Å². The molecule has 1 aromatic heterocycles. The highest BCUT2D eigenvalue weighted by atomic mass is 19.1. The summed E-state index contributed by atoms with van der Waals surface area (Å²) < 4.78 is 19.9. The Kier molecular flexibility index (Phi) is 7.15. The molecule has 0 aliphatic carbocycles. The minimum atomic E-state index is -0.990. The van der Waals surface area contributed by atoms with E-state index in [1.165, 1.54) is 23.1 Å². The molecule has 5 aromatic rings. The SMILES string of the molecule is Cc1cc(/C(O)=C2\C(=O)C(=O)N(c3nc4ccc(F)cc4[nH]3)C2c2ccc(N(C)C)cc2)ccc1OCc1ccccc1. The maximum absolute atomic E-state index is 13.9. The lowest BCUT2D eigenvalue weighted by Crippen LogP contribution is -2.30. The normalized spacial score (nSPS) is 16.2. The van der Waals surface area contributed by atoms with Crippen LogP contribution in [0.5, 0.6) is 5.75 Å². The number of rotatable bonds is 7. The van der Waals surface area contributed by atoms with E-state index >= 15 is 0 Å². The number of carbonyl (C=O) groups is 2. The second kappa shape index (κ2) is 11.1. The number of aryl methyl sites for hydroxylation is 1. The second-order valence-electron chi connectivity index (χ2n) is 10.6. The highest BCUT2D eigenvalue weighted by Gasteiger charge is 2.48. The second-order valence-corrected chi connectivity index (χ2v) is 10.6. The highest BCUT2D eigenvalue weighted by molar-refractivity contribution is 6.51. The minimum absolute atomic E-state index is 0.0734. The molecule has 0 bridgehead atoms. The maximum atomic E-state index is 13.9. The largest absolute Gasteiger partial charge is 0.507 e. The molecule has 1 atom stereocenters. The monoisotopic (exact) mass is 576 g/mol.